The lowest BCUT2D eigenvalue weighted by molar-refractivity contribution is -0.255. The van der Waals surface area contributed by atoms with Gasteiger partial charge in [0.15, 0.2) is 6.61 Å². The number of hydrogen-bond acceptors (Lipinski definition) is 4. The average Bonchev–Trinajstić information content (AvgIpc) is 2.60. The summed E-state index contributed by atoms with van der Waals surface area (Å²) in [6.45, 7) is -0.233. The number of rotatable bonds is 5. The maximum Gasteiger partial charge on any atom is 0.258 e. The maximum atomic E-state index is 12.2. The van der Waals surface area contributed by atoms with Crippen molar-refractivity contribution in [3.63, 3.8) is 0 Å². The van der Waals surface area contributed by atoms with Gasteiger partial charge in [0, 0.05) is 5.56 Å². The third kappa shape index (κ3) is 3.56. The first kappa shape index (κ1) is 16.1. The molecule has 3 rings (SSSR count). The van der Waals surface area contributed by atoms with Gasteiger partial charge in [-0.05, 0) is 42.5 Å². The number of amides is 1. The van der Waals surface area contributed by atoms with Crippen LogP contribution in [0.15, 0.2) is 48.5 Å². The number of carbonyl (C=O) groups is 2. The number of aromatic carboxylic acids is 1. The van der Waals surface area contributed by atoms with Crippen LogP contribution in [0.4, 0.5) is 0 Å². The van der Waals surface area contributed by atoms with Crippen molar-refractivity contribution in [2.24, 2.45) is 0 Å². The first-order valence-electron chi connectivity index (χ1n) is 7.95. The number of carbonyl (C=O) groups excluding carboxylic acids is 2. The van der Waals surface area contributed by atoms with E-state index < -0.39 is 5.97 Å². The van der Waals surface area contributed by atoms with Crippen molar-refractivity contribution in [1.29, 1.82) is 0 Å². The van der Waals surface area contributed by atoms with Crippen LogP contribution in [0.25, 0.3) is 0 Å². The van der Waals surface area contributed by atoms with E-state index in [1.165, 1.54) is 17.7 Å². The van der Waals surface area contributed by atoms with E-state index in [-0.39, 0.29) is 29.9 Å². The Balaban J connectivity index is 1.62. The summed E-state index contributed by atoms with van der Waals surface area (Å²) in [5.74, 6) is -1.46. The van der Waals surface area contributed by atoms with Gasteiger partial charge in [0.05, 0.1) is 12.0 Å². The van der Waals surface area contributed by atoms with Crippen LogP contribution in [0.1, 0.15) is 40.4 Å². The normalized spacial score (nSPS) is 16.1. The van der Waals surface area contributed by atoms with E-state index in [1.54, 1.807) is 12.1 Å². The number of hydrogen-bond donors (Lipinski definition) is 1. The van der Waals surface area contributed by atoms with Crippen molar-refractivity contribution in [2.45, 2.75) is 25.3 Å². The topological polar surface area (TPSA) is 78.5 Å². The van der Waals surface area contributed by atoms with Crippen LogP contribution in [0.3, 0.4) is 0 Å². The first-order valence-corrected chi connectivity index (χ1v) is 7.95. The summed E-state index contributed by atoms with van der Waals surface area (Å²) in [6, 6.07) is 14.2. The van der Waals surface area contributed by atoms with E-state index in [2.05, 4.69) is 11.4 Å². The Morgan fingerprint density at radius 3 is 2.71 bits per heavy atom. The van der Waals surface area contributed by atoms with Gasteiger partial charge >= 0.3 is 0 Å². The molecule has 1 aliphatic rings. The van der Waals surface area contributed by atoms with Crippen molar-refractivity contribution in [1.82, 2.24) is 5.32 Å². The smallest absolute Gasteiger partial charge is 0.258 e. The molecule has 1 amide bonds. The molecule has 5 nitrogen and oxygen atoms in total. The second kappa shape index (κ2) is 7.17. The van der Waals surface area contributed by atoms with Crippen molar-refractivity contribution in [2.75, 3.05) is 6.61 Å². The number of para-hydroxylation sites is 1. The molecule has 5 heteroatoms. The van der Waals surface area contributed by atoms with Gasteiger partial charge in [-0.15, -0.1) is 0 Å². The number of carboxylic acid groups (broad SMARTS) is 1. The lowest BCUT2D eigenvalue weighted by Crippen LogP contribution is -2.34. The Bertz CT molecular complexity index is 757. The zero-order valence-electron chi connectivity index (χ0n) is 13.2. The molecule has 0 spiro atoms. The fourth-order valence-electron chi connectivity index (χ4n) is 3.04. The van der Waals surface area contributed by atoms with Crippen LogP contribution in [0.5, 0.6) is 5.75 Å². The summed E-state index contributed by atoms with van der Waals surface area (Å²) < 4.78 is 5.36. The second-order valence-electron chi connectivity index (χ2n) is 5.78. The molecule has 0 aliphatic heterocycles. The van der Waals surface area contributed by atoms with E-state index in [0.29, 0.717) is 0 Å². The molecular formula is C19H18NO4-. The number of carboxylic acids is 1. The predicted molar refractivity (Wildman–Crippen MR) is 86.5 cm³/mol. The van der Waals surface area contributed by atoms with Crippen LogP contribution >= 0.6 is 0 Å². The molecule has 1 atom stereocenters. The summed E-state index contributed by atoms with van der Waals surface area (Å²) in [6.07, 6.45) is 2.94. The van der Waals surface area contributed by atoms with E-state index in [9.17, 15) is 14.7 Å². The monoisotopic (exact) mass is 324 g/mol. The Kier molecular flexibility index (Phi) is 4.79. The van der Waals surface area contributed by atoms with Gasteiger partial charge in [-0.25, -0.2) is 0 Å². The lowest BCUT2D eigenvalue weighted by atomic mass is 9.88. The highest BCUT2D eigenvalue weighted by Gasteiger charge is 2.21. The van der Waals surface area contributed by atoms with Crippen molar-refractivity contribution < 1.29 is 19.4 Å². The summed E-state index contributed by atoms with van der Waals surface area (Å²) in [7, 11) is 0. The zero-order chi connectivity index (χ0) is 16.9. The standard InChI is InChI=1S/C19H19NO4/c21-18(12-24-17-11-4-3-9-15(17)19(22)23)20-16-10-5-7-13-6-1-2-8-14(13)16/h1-4,6,8-9,11,16H,5,7,10,12H2,(H,20,21)(H,22,23)/p-1/t16-/m1/s1. The van der Waals surface area contributed by atoms with Gasteiger partial charge in [-0.3, -0.25) is 4.79 Å². The summed E-state index contributed by atoms with van der Waals surface area (Å²) >= 11 is 0. The first-order chi connectivity index (χ1) is 11.6. The quantitative estimate of drug-likeness (QED) is 0.906. The third-order valence-corrected chi connectivity index (χ3v) is 4.17. The number of nitrogens with one attached hydrogen (secondary N) is 1. The fraction of sp³-hybridized carbons (Fsp3) is 0.263. The van der Waals surface area contributed by atoms with E-state index in [0.717, 1.165) is 24.8 Å². The summed E-state index contributed by atoms with van der Waals surface area (Å²) in [4.78, 5) is 23.2. The van der Waals surface area contributed by atoms with Gasteiger partial charge in [-0.2, -0.15) is 0 Å². The minimum atomic E-state index is -1.33. The van der Waals surface area contributed by atoms with Gasteiger partial charge < -0.3 is 20.0 Å². The Morgan fingerprint density at radius 2 is 1.88 bits per heavy atom. The Morgan fingerprint density at radius 1 is 1.12 bits per heavy atom. The highest BCUT2D eigenvalue weighted by atomic mass is 16.5. The maximum absolute atomic E-state index is 12.2. The molecule has 124 valence electrons. The van der Waals surface area contributed by atoms with Gasteiger partial charge in [0.25, 0.3) is 5.91 Å². The van der Waals surface area contributed by atoms with Crippen LogP contribution in [0, 0.1) is 0 Å². The molecule has 0 heterocycles. The molecule has 1 N–H and O–H groups in total. The van der Waals surface area contributed by atoms with Crippen LogP contribution in [-0.4, -0.2) is 18.5 Å². The van der Waals surface area contributed by atoms with Gasteiger partial charge in [0.1, 0.15) is 5.75 Å². The molecule has 1 aliphatic carbocycles. The predicted octanol–water partition coefficient (Wildman–Crippen LogP) is 1.62. The third-order valence-electron chi connectivity index (χ3n) is 4.17. The van der Waals surface area contributed by atoms with Crippen molar-refractivity contribution in [3.05, 3.63) is 65.2 Å². The zero-order valence-corrected chi connectivity index (χ0v) is 13.2. The highest BCUT2D eigenvalue weighted by Crippen LogP contribution is 2.29. The van der Waals surface area contributed by atoms with E-state index in [4.69, 9.17) is 4.74 Å². The molecular weight excluding hydrogens is 306 g/mol. The molecule has 2 aromatic carbocycles. The van der Waals surface area contributed by atoms with Crippen LogP contribution in [0.2, 0.25) is 0 Å². The van der Waals surface area contributed by atoms with Crippen LogP contribution in [-0.2, 0) is 11.2 Å². The molecule has 0 radical (unpaired) electrons. The Hall–Kier alpha value is -2.82. The molecule has 0 aromatic heterocycles. The fourth-order valence-corrected chi connectivity index (χ4v) is 3.04. The average molecular weight is 324 g/mol. The summed E-state index contributed by atoms with van der Waals surface area (Å²) in [5.41, 5.74) is 2.35. The second-order valence-corrected chi connectivity index (χ2v) is 5.78. The van der Waals surface area contributed by atoms with Gasteiger partial charge in [-0.1, -0.05) is 36.4 Å². The van der Waals surface area contributed by atoms with Crippen molar-refractivity contribution >= 4 is 11.9 Å². The highest BCUT2D eigenvalue weighted by molar-refractivity contribution is 5.89. The SMILES string of the molecule is O=C(COc1ccccc1C(=O)[O-])N[C@@H]1CCCc2ccccc21. The van der Waals surface area contributed by atoms with E-state index >= 15 is 0 Å². The largest absolute Gasteiger partial charge is 0.545 e. The van der Waals surface area contributed by atoms with Crippen LogP contribution < -0.4 is 15.2 Å². The minimum Gasteiger partial charge on any atom is -0.545 e. The molecule has 24 heavy (non-hydrogen) atoms. The Labute approximate surface area is 140 Å². The lowest BCUT2D eigenvalue weighted by Gasteiger charge is -2.26. The van der Waals surface area contributed by atoms with E-state index in [1.807, 2.05) is 18.2 Å². The number of benzene rings is 2. The molecule has 2 aromatic rings. The number of ether oxygens (including phenoxy) is 1. The molecule has 0 unspecified atom stereocenters. The molecule has 0 bridgehead atoms. The number of fused-ring (bicyclic) bond motifs is 1. The van der Waals surface area contributed by atoms with Crippen molar-refractivity contribution in [3.8, 4) is 5.75 Å². The minimum absolute atomic E-state index is 0.0255. The molecule has 0 saturated carbocycles. The van der Waals surface area contributed by atoms with Gasteiger partial charge in [0.2, 0.25) is 0 Å². The molecule has 0 fully saturated rings. The molecule has 0 saturated heterocycles. The number of aryl methyl sites for hydroxylation is 1. The summed E-state index contributed by atoms with van der Waals surface area (Å²) in [5, 5.41) is 14.0.